The number of halogens is 1. The second-order valence-corrected chi connectivity index (χ2v) is 5.07. The smallest absolute Gasteiger partial charge is 0.286 e. The van der Waals surface area contributed by atoms with E-state index in [9.17, 15) is 9.59 Å². The van der Waals surface area contributed by atoms with Crippen LogP contribution in [0.25, 0.3) is 0 Å². The third kappa shape index (κ3) is 4.36. The quantitative estimate of drug-likeness (QED) is 0.850. The van der Waals surface area contributed by atoms with Crippen molar-refractivity contribution in [2.75, 3.05) is 0 Å². The molecule has 2 rings (SSSR count). The summed E-state index contributed by atoms with van der Waals surface area (Å²) in [5.41, 5.74) is 6.29. The largest absolute Gasteiger partial charge is 0.347 e. The molecule has 0 aliphatic carbocycles. The van der Waals surface area contributed by atoms with E-state index in [0.29, 0.717) is 17.1 Å². The Hall–Kier alpha value is -2.27. The SMILES string of the molecule is Cn1cccc1C(=O)NNC(=O)CCc1ccc(Cl)cc1. The Morgan fingerprint density at radius 1 is 1.14 bits per heavy atom. The number of benzene rings is 1. The molecular weight excluding hydrogens is 290 g/mol. The number of carbonyl (C=O) groups excluding carboxylic acids is 2. The van der Waals surface area contributed by atoms with Gasteiger partial charge in [-0.15, -0.1) is 0 Å². The number of nitrogens with one attached hydrogen (secondary N) is 2. The zero-order valence-electron chi connectivity index (χ0n) is 11.6. The fourth-order valence-electron chi connectivity index (χ4n) is 1.86. The molecule has 6 heteroatoms. The molecule has 1 heterocycles. The van der Waals surface area contributed by atoms with Crippen LogP contribution >= 0.6 is 11.6 Å². The lowest BCUT2D eigenvalue weighted by Gasteiger charge is -2.08. The molecule has 0 aliphatic heterocycles. The number of hydrogen-bond donors (Lipinski definition) is 2. The van der Waals surface area contributed by atoms with Gasteiger partial charge >= 0.3 is 0 Å². The number of carbonyl (C=O) groups is 2. The average Bonchev–Trinajstić information content (AvgIpc) is 2.90. The second kappa shape index (κ2) is 6.95. The fraction of sp³-hybridized carbons (Fsp3) is 0.200. The molecule has 0 spiro atoms. The first-order valence-electron chi connectivity index (χ1n) is 6.51. The van der Waals surface area contributed by atoms with Gasteiger partial charge in [-0.1, -0.05) is 23.7 Å². The van der Waals surface area contributed by atoms with Crippen molar-refractivity contribution in [1.29, 1.82) is 0 Å². The van der Waals surface area contributed by atoms with Gasteiger partial charge in [0.15, 0.2) is 0 Å². The van der Waals surface area contributed by atoms with E-state index in [2.05, 4.69) is 10.9 Å². The highest BCUT2D eigenvalue weighted by Gasteiger charge is 2.09. The average molecular weight is 306 g/mol. The van der Waals surface area contributed by atoms with Gasteiger partial charge in [0.25, 0.3) is 5.91 Å². The predicted octanol–water partition coefficient (Wildman–Crippen LogP) is 2.07. The molecule has 0 saturated carbocycles. The van der Waals surface area contributed by atoms with Gasteiger partial charge < -0.3 is 4.57 Å². The van der Waals surface area contributed by atoms with Crippen molar-refractivity contribution in [2.24, 2.45) is 7.05 Å². The number of aromatic nitrogens is 1. The molecule has 5 nitrogen and oxygen atoms in total. The van der Waals surface area contributed by atoms with Crippen LogP contribution in [0.5, 0.6) is 0 Å². The van der Waals surface area contributed by atoms with E-state index in [4.69, 9.17) is 11.6 Å². The van der Waals surface area contributed by atoms with Crippen molar-refractivity contribution < 1.29 is 9.59 Å². The summed E-state index contributed by atoms with van der Waals surface area (Å²) in [6, 6.07) is 10.8. The highest BCUT2D eigenvalue weighted by molar-refractivity contribution is 6.30. The van der Waals surface area contributed by atoms with E-state index in [-0.39, 0.29) is 18.2 Å². The van der Waals surface area contributed by atoms with Crippen molar-refractivity contribution in [3.05, 3.63) is 58.9 Å². The lowest BCUT2D eigenvalue weighted by atomic mass is 10.1. The van der Waals surface area contributed by atoms with Gasteiger partial charge in [-0.05, 0) is 36.2 Å². The summed E-state index contributed by atoms with van der Waals surface area (Å²) in [6.07, 6.45) is 2.63. The molecule has 1 aromatic heterocycles. The van der Waals surface area contributed by atoms with E-state index in [1.165, 1.54) is 0 Å². The first kappa shape index (κ1) is 15.1. The summed E-state index contributed by atoms with van der Waals surface area (Å²) in [5.74, 6) is -0.588. The van der Waals surface area contributed by atoms with Gasteiger partial charge in [0.05, 0.1) is 0 Å². The number of rotatable bonds is 4. The van der Waals surface area contributed by atoms with Crippen LogP contribution in [0.2, 0.25) is 5.02 Å². The van der Waals surface area contributed by atoms with Crippen LogP contribution in [-0.4, -0.2) is 16.4 Å². The molecular formula is C15H16ClN3O2. The molecule has 21 heavy (non-hydrogen) atoms. The fourth-order valence-corrected chi connectivity index (χ4v) is 1.98. The summed E-state index contributed by atoms with van der Waals surface area (Å²) in [5, 5.41) is 0.665. The van der Waals surface area contributed by atoms with Crippen LogP contribution in [-0.2, 0) is 18.3 Å². The second-order valence-electron chi connectivity index (χ2n) is 4.63. The molecule has 0 aliphatic rings. The maximum absolute atomic E-state index is 11.8. The number of hydrazine groups is 1. The van der Waals surface area contributed by atoms with Crippen LogP contribution in [0.1, 0.15) is 22.5 Å². The van der Waals surface area contributed by atoms with Crippen LogP contribution in [0, 0.1) is 0 Å². The summed E-state index contributed by atoms with van der Waals surface area (Å²) >= 11 is 5.79. The van der Waals surface area contributed by atoms with Gasteiger partial charge in [0, 0.05) is 24.7 Å². The van der Waals surface area contributed by atoms with Crippen molar-refractivity contribution in [2.45, 2.75) is 12.8 Å². The number of nitrogens with zero attached hydrogens (tertiary/aromatic N) is 1. The van der Waals surface area contributed by atoms with Crippen molar-refractivity contribution in [3.63, 3.8) is 0 Å². The van der Waals surface area contributed by atoms with Crippen LogP contribution in [0.3, 0.4) is 0 Å². The van der Waals surface area contributed by atoms with Crippen LogP contribution in [0.4, 0.5) is 0 Å². The third-order valence-corrected chi connectivity index (χ3v) is 3.30. The third-order valence-electron chi connectivity index (χ3n) is 3.05. The molecule has 2 aromatic rings. The first-order valence-corrected chi connectivity index (χ1v) is 6.89. The Labute approximate surface area is 127 Å². The van der Waals surface area contributed by atoms with Crippen LogP contribution in [0.15, 0.2) is 42.6 Å². The van der Waals surface area contributed by atoms with E-state index in [1.807, 2.05) is 12.1 Å². The summed E-state index contributed by atoms with van der Waals surface area (Å²) in [6.45, 7) is 0. The summed E-state index contributed by atoms with van der Waals surface area (Å²) < 4.78 is 1.68. The number of aryl methyl sites for hydroxylation is 2. The van der Waals surface area contributed by atoms with E-state index < -0.39 is 0 Å². The summed E-state index contributed by atoms with van der Waals surface area (Å²) in [4.78, 5) is 23.5. The monoisotopic (exact) mass is 305 g/mol. The van der Waals surface area contributed by atoms with Gasteiger partial charge in [0.1, 0.15) is 5.69 Å². The van der Waals surface area contributed by atoms with E-state index >= 15 is 0 Å². The molecule has 0 atom stereocenters. The van der Waals surface area contributed by atoms with E-state index in [1.54, 1.807) is 42.1 Å². The molecule has 2 amide bonds. The minimum Gasteiger partial charge on any atom is -0.347 e. The molecule has 0 radical (unpaired) electrons. The highest BCUT2D eigenvalue weighted by atomic mass is 35.5. The molecule has 0 unspecified atom stereocenters. The zero-order valence-corrected chi connectivity index (χ0v) is 12.4. The summed E-state index contributed by atoms with van der Waals surface area (Å²) in [7, 11) is 1.76. The maximum Gasteiger partial charge on any atom is 0.286 e. The van der Waals surface area contributed by atoms with Crippen molar-refractivity contribution in [3.8, 4) is 0 Å². The van der Waals surface area contributed by atoms with Gasteiger partial charge in [0.2, 0.25) is 5.91 Å². The first-order chi connectivity index (χ1) is 10.1. The molecule has 0 fully saturated rings. The van der Waals surface area contributed by atoms with Gasteiger partial charge in [-0.3, -0.25) is 20.4 Å². The zero-order chi connectivity index (χ0) is 15.2. The lowest BCUT2D eigenvalue weighted by Crippen LogP contribution is -2.42. The highest BCUT2D eigenvalue weighted by Crippen LogP contribution is 2.10. The minimum absolute atomic E-state index is 0.243. The lowest BCUT2D eigenvalue weighted by molar-refractivity contribution is -0.121. The van der Waals surface area contributed by atoms with Crippen molar-refractivity contribution in [1.82, 2.24) is 15.4 Å². The predicted molar refractivity (Wildman–Crippen MR) is 80.8 cm³/mol. The van der Waals surface area contributed by atoms with E-state index in [0.717, 1.165) is 5.56 Å². The standard InChI is InChI=1S/C15H16ClN3O2/c1-19-10-2-3-13(19)15(21)18-17-14(20)9-6-11-4-7-12(16)8-5-11/h2-5,7-8,10H,6,9H2,1H3,(H,17,20)(H,18,21). The van der Waals surface area contributed by atoms with Crippen LogP contribution < -0.4 is 10.9 Å². The Bertz CT molecular complexity index is 635. The van der Waals surface area contributed by atoms with Gasteiger partial charge in [-0.25, -0.2) is 0 Å². The molecule has 110 valence electrons. The Kier molecular flexibility index (Phi) is 5.00. The number of hydrogen-bond acceptors (Lipinski definition) is 2. The Morgan fingerprint density at radius 2 is 1.86 bits per heavy atom. The number of amides is 2. The normalized spacial score (nSPS) is 10.2. The van der Waals surface area contributed by atoms with Crippen molar-refractivity contribution >= 4 is 23.4 Å². The molecule has 0 bridgehead atoms. The van der Waals surface area contributed by atoms with Gasteiger partial charge in [-0.2, -0.15) is 0 Å². The Morgan fingerprint density at radius 3 is 2.48 bits per heavy atom. The molecule has 1 aromatic carbocycles. The minimum atomic E-state index is -0.345. The molecule has 0 saturated heterocycles. The topological polar surface area (TPSA) is 63.1 Å². The Balaban J connectivity index is 1.76. The molecule has 2 N–H and O–H groups in total. The maximum atomic E-state index is 11.8.